The van der Waals surface area contributed by atoms with Crippen LogP contribution in [-0.2, 0) is 10.8 Å². The third kappa shape index (κ3) is 3.05. The van der Waals surface area contributed by atoms with Crippen molar-refractivity contribution in [3.8, 4) is 11.5 Å². The minimum absolute atomic E-state index is 0.143. The van der Waals surface area contributed by atoms with Gasteiger partial charge in [0.15, 0.2) is 11.5 Å². The fourth-order valence-electron chi connectivity index (χ4n) is 1.43. The van der Waals surface area contributed by atoms with Crippen molar-refractivity contribution in [2.24, 2.45) is 4.99 Å². The van der Waals surface area contributed by atoms with Crippen molar-refractivity contribution >= 4 is 6.08 Å². The summed E-state index contributed by atoms with van der Waals surface area (Å²) in [6.07, 6.45) is 0.650. The Hall–Kier alpha value is -1.94. The van der Waals surface area contributed by atoms with Crippen LogP contribution in [0.3, 0.4) is 0 Å². The second-order valence-electron chi connectivity index (χ2n) is 3.75. The van der Waals surface area contributed by atoms with Gasteiger partial charge in [-0.15, -0.1) is 4.99 Å². The molecule has 4 nitrogen and oxygen atoms in total. The highest BCUT2D eigenvalue weighted by atomic mass is 19.3. The van der Waals surface area contributed by atoms with Gasteiger partial charge in [0.1, 0.15) is 0 Å². The molecule has 0 saturated heterocycles. The summed E-state index contributed by atoms with van der Waals surface area (Å²) in [6.45, 7) is 3.52. The van der Waals surface area contributed by atoms with Gasteiger partial charge in [0.2, 0.25) is 6.08 Å². The number of isocyanates is 1. The molecule has 1 rings (SSSR count). The third-order valence-corrected chi connectivity index (χ3v) is 2.06. The molecule has 0 bridgehead atoms. The van der Waals surface area contributed by atoms with Crippen molar-refractivity contribution < 1.29 is 23.0 Å². The van der Waals surface area contributed by atoms with Crippen LogP contribution >= 0.6 is 0 Å². The summed E-state index contributed by atoms with van der Waals surface area (Å²) in [5.41, 5.74) is -0.536. The SMILES string of the molecule is COc1c(OC(C)C)cccc1C(F)(F)N=C=O. The summed E-state index contributed by atoms with van der Waals surface area (Å²) in [4.78, 5) is 12.5. The van der Waals surface area contributed by atoms with Crippen LogP contribution in [-0.4, -0.2) is 19.3 Å². The minimum atomic E-state index is -3.69. The molecule has 0 aliphatic rings. The van der Waals surface area contributed by atoms with E-state index >= 15 is 0 Å². The molecule has 0 aromatic heterocycles. The number of ether oxygens (including phenoxy) is 2. The van der Waals surface area contributed by atoms with Crippen molar-refractivity contribution in [2.45, 2.75) is 26.0 Å². The molecule has 6 heteroatoms. The summed E-state index contributed by atoms with van der Waals surface area (Å²) < 4.78 is 37.4. The van der Waals surface area contributed by atoms with Gasteiger partial charge in [-0.1, -0.05) is 6.07 Å². The zero-order valence-corrected chi connectivity index (χ0v) is 10.2. The minimum Gasteiger partial charge on any atom is -0.492 e. The molecule has 0 heterocycles. The molecular formula is C12H13F2NO3. The first kappa shape index (κ1) is 14.1. The standard InChI is InChI=1S/C12H13F2NO3/c1-8(2)18-10-6-4-5-9(11(10)17-3)12(13,14)15-7-16/h4-6,8H,1-3H3. The molecule has 18 heavy (non-hydrogen) atoms. The Kier molecular flexibility index (Phi) is 4.39. The van der Waals surface area contributed by atoms with E-state index in [0.29, 0.717) is 0 Å². The molecule has 1 aromatic carbocycles. The van der Waals surface area contributed by atoms with Crippen molar-refractivity contribution in [1.29, 1.82) is 0 Å². The number of hydrogen-bond donors (Lipinski definition) is 0. The van der Waals surface area contributed by atoms with Gasteiger partial charge in [-0.05, 0) is 26.0 Å². The topological polar surface area (TPSA) is 47.9 Å². The number of methoxy groups -OCH3 is 1. The van der Waals surface area contributed by atoms with Gasteiger partial charge in [0, 0.05) is 0 Å². The van der Waals surface area contributed by atoms with Gasteiger partial charge >= 0.3 is 6.05 Å². The average molecular weight is 257 g/mol. The molecule has 0 unspecified atom stereocenters. The van der Waals surface area contributed by atoms with E-state index in [0.717, 1.165) is 12.1 Å². The van der Waals surface area contributed by atoms with Crippen LogP contribution in [0.25, 0.3) is 0 Å². The van der Waals surface area contributed by atoms with E-state index in [4.69, 9.17) is 9.47 Å². The molecule has 0 N–H and O–H groups in total. The lowest BCUT2D eigenvalue weighted by atomic mass is 10.1. The number of alkyl halides is 2. The second-order valence-corrected chi connectivity index (χ2v) is 3.75. The lowest BCUT2D eigenvalue weighted by molar-refractivity contribution is 0.00336. The molecule has 0 spiro atoms. The number of halogens is 2. The quantitative estimate of drug-likeness (QED) is 0.463. The Morgan fingerprint density at radius 2 is 2.06 bits per heavy atom. The molecule has 0 aliphatic heterocycles. The predicted octanol–water partition coefficient (Wildman–Crippen LogP) is 2.87. The molecule has 0 fully saturated rings. The summed E-state index contributed by atoms with van der Waals surface area (Å²) in [6, 6.07) is 0.309. The van der Waals surface area contributed by atoms with Crippen molar-refractivity contribution in [1.82, 2.24) is 0 Å². The molecule has 0 radical (unpaired) electrons. The van der Waals surface area contributed by atoms with Gasteiger partial charge in [-0.25, -0.2) is 4.79 Å². The maximum absolute atomic E-state index is 13.6. The fraction of sp³-hybridized carbons (Fsp3) is 0.417. The Morgan fingerprint density at radius 3 is 2.56 bits per heavy atom. The molecule has 0 amide bonds. The number of nitrogens with zero attached hydrogens (tertiary/aromatic N) is 1. The number of para-hydroxylation sites is 1. The van der Waals surface area contributed by atoms with Crippen molar-refractivity contribution in [3.05, 3.63) is 23.8 Å². The maximum Gasteiger partial charge on any atom is 0.382 e. The molecule has 1 aromatic rings. The Morgan fingerprint density at radius 1 is 1.39 bits per heavy atom. The monoisotopic (exact) mass is 257 g/mol. The van der Waals surface area contributed by atoms with E-state index in [9.17, 15) is 13.6 Å². The summed E-state index contributed by atoms with van der Waals surface area (Å²) >= 11 is 0. The molecule has 98 valence electrons. The number of carbonyl (C=O) groups excluding carboxylic acids is 1. The van der Waals surface area contributed by atoms with Crippen LogP contribution in [0.4, 0.5) is 8.78 Å². The first-order chi connectivity index (χ1) is 8.42. The summed E-state index contributed by atoms with van der Waals surface area (Å²) in [5.74, 6) is 0.0287. The van der Waals surface area contributed by atoms with Gasteiger partial charge in [0.05, 0.1) is 18.8 Å². The number of rotatable bonds is 5. The predicted molar refractivity (Wildman–Crippen MR) is 60.8 cm³/mol. The Labute approximate surface area is 103 Å². The average Bonchev–Trinajstić information content (AvgIpc) is 2.27. The highest BCUT2D eigenvalue weighted by Gasteiger charge is 2.36. The number of aliphatic imine (C=N–C) groups is 1. The Bertz CT molecular complexity index is 468. The van der Waals surface area contributed by atoms with Crippen molar-refractivity contribution in [3.63, 3.8) is 0 Å². The zero-order valence-electron chi connectivity index (χ0n) is 10.2. The highest BCUT2D eigenvalue weighted by molar-refractivity contribution is 5.49. The fourth-order valence-corrected chi connectivity index (χ4v) is 1.43. The van der Waals surface area contributed by atoms with Gasteiger partial charge in [-0.3, -0.25) is 0 Å². The lowest BCUT2D eigenvalue weighted by Crippen LogP contribution is -2.13. The van der Waals surface area contributed by atoms with Crippen LogP contribution in [0.15, 0.2) is 23.2 Å². The van der Waals surface area contributed by atoms with Crippen molar-refractivity contribution in [2.75, 3.05) is 7.11 Å². The van der Waals surface area contributed by atoms with Gasteiger partial charge in [0.25, 0.3) is 0 Å². The van der Waals surface area contributed by atoms with E-state index in [1.165, 1.54) is 19.2 Å². The zero-order chi connectivity index (χ0) is 13.8. The van der Waals surface area contributed by atoms with Crippen LogP contribution in [0.1, 0.15) is 19.4 Å². The highest BCUT2D eigenvalue weighted by Crippen LogP contribution is 2.41. The first-order valence-electron chi connectivity index (χ1n) is 5.23. The van der Waals surface area contributed by atoms with E-state index in [-0.39, 0.29) is 17.6 Å². The van der Waals surface area contributed by atoms with Crippen LogP contribution in [0, 0.1) is 0 Å². The normalized spacial score (nSPS) is 11.0. The van der Waals surface area contributed by atoms with E-state index < -0.39 is 11.6 Å². The van der Waals surface area contributed by atoms with E-state index in [2.05, 4.69) is 4.99 Å². The van der Waals surface area contributed by atoms with Gasteiger partial charge < -0.3 is 9.47 Å². The van der Waals surface area contributed by atoms with Crippen LogP contribution in [0.5, 0.6) is 11.5 Å². The third-order valence-electron chi connectivity index (χ3n) is 2.06. The second kappa shape index (κ2) is 5.60. The Balaban J connectivity index is 3.32. The molecule has 0 saturated carbocycles. The number of hydrogen-bond acceptors (Lipinski definition) is 4. The van der Waals surface area contributed by atoms with Gasteiger partial charge in [-0.2, -0.15) is 8.78 Å². The first-order valence-corrected chi connectivity index (χ1v) is 5.23. The lowest BCUT2D eigenvalue weighted by Gasteiger charge is -2.18. The van der Waals surface area contributed by atoms with Crippen LogP contribution in [0.2, 0.25) is 0 Å². The number of benzene rings is 1. The van der Waals surface area contributed by atoms with E-state index in [1.807, 2.05) is 0 Å². The van der Waals surface area contributed by atoms with E-state index in [1.54, 1.807) is 13.8 Å². The molecule has 0 atom stereocenters. The largest absolute Gasteiger partial charge is 0.492 e. The summed E-state index contributed by atoms with van der Waals surface area (Å²) in [5, 5.41) is 0. The molecular weight excluding hydrogens is 244 g/mol. The van der Waals surface area contributed by atoms with Crippen LogP contribution < -0.4 is 9.47 Å². The smallest absolute Gasteiger partial charge is 0.382 e. The molecule has 0 aliphatic carbocycles. The summed E-state index contributed by atoms with van der Waals surface area (Å²) in [7, 11) is 1.24. The maximum atomic E-state index is 13.6.